The third kappa shape index (κ3) is 3.48. The zero-order chi connectivity index (χ0) is 14.6. The molecule has 6 heteroatoms. The van der Waals surface area contributed by atoms with Gasteiger partial charge in [-0.25, -0.2) is 8.42 Å². The molecule has 0 heterocycles. The number of para-hydroxylation sites is 1. The Morgan fingerprint density at radius 3 is 2.25 bits per heavy atom. The van der Waals surface area contributed by atoms with E-state index in [2.05, 4.69) is 5.32 Å². The van der Waals surface area contributed by atoms with Crippen LogP contribution in [0.5, 0.6) is 0 Å². The monoisotopic (exact) mass is 303 g/mol. The van der Waals surface area contributed by atoms with Crippen molar-refractivity contribution in [3.05, 3.63) is 24.3 Å². The van der Waals surface area contributed by atoms with E-state index in [-0.39, 0.29) is 10.9 Å². The minimum atomic E-state index is -4.56. The van der Waals surface area contributed by atoms with Gasteiger partial charge >= 0.3 is 5.76 Å². The minimum Gasteiger partial charge on any atom is -0.381 e. The molecule has 1 saturated carbocycles. The summed E-state index contributed by atoms with van der Waals surface area (Å²) in [7, 11) is -4.56. The van der Waals surface area contributed by atoms with E-state index < -0.39 is 15.6 Å². The van der Waals surface area contributed by atoms with E-state index in [4.69, 9.17) is 0 Å². The molecule has 1 N–H and O–H groups in total. The van der Waals surface area contributed by atoms with Gasteiger partial charge in [0.05, 0.1) is 10.6 Å². The molecule has 112 valence electrons. The molecule has 1 aliphatic rings. The van der Waals surface area contributed by atoms with Crippen LogP contribution in [-0.2, 0) is 9.84 Å². The summed E-state index contributed by atoms with van der Waals surface area (Å²) in [5.41, 5.74) is 0.291. The largest absolute Gasteiger partial charge is 0.381 e. The summed E-state index contributed by atoms with van der Waals surface area (Å²) in [5.74, 6) is -3.39. The van der Waals surface area contributed by atoms with E-state index in [1.54, 1.807) is 12.1 Å². The Balaban J connectivity index is 2.24. The van der Waals surface area contributed by atoms with Gasteiger partial charge in [-0.15, -0.1) is 0 Å². The number of anilines is 1. The van der Waals surface area contributed by atoms with E-state index in [0.29, 0.717) is 5.69 Å². The highest BCUT2D eigenvalue weighted by atomic mass is 32.2. The maximum absolute atomic E-state index is 12.7. The molecule has 1 aliphatic carbocycles. The van der Waals surface area contributed by atoms with Gasteiger partial charge in [0, 0.05) is 6.04 Å². The molecule has 0 aliphatic heterocycles. The molecule has 0 aromatic heterocycles. The van der Waals surface area contributed by atoms with Gasteiger partial charge in [-0.05, 0) is 25.0 Å². The Kier molecular flexibility index (Phi) is 4.96. The molecule has 2 rings (SSSR count). The first-order valence-corrected chi connectivity index (χ1v) is 8.44. The predicted octanol–water partition coefficient (Wildman–Crippen LogP) is 3.82. The standard InChI is InChI=1S/C14H19F2NO2S/c15-14(16)20(18,19)13-10-6-5-9-12(13)17-11-7-3-1-2-4-8-11/h5-6,9-11,14,17H,1-4,7-8H2. The number of hydrogen-bond acceptors (Lipinski definition) is 3. The smallest absolute Gasteiger partial charge is 0.341 e. The van der Waals surface area contributed by atoms with Crippen molar-refractivity contribution in [2.45, 2.75) is 55.2 Å². The van der Waals surface area contributed by atoms with Gasteiger partial charge in [-0.3, -0.25) is 0 Å². The molecule has 1 aromatic carbocycles. The van der Waals surface area contributed by atoms with Gasteiger partial charge in [0.25, 0.3) is 0 Å². The van der Waals surface area contributed by atoms with Gasteiger partial charge in [0.15, 0.2) is 0 Å². The first-order chi connectivity index (χ1) is 9.51. The van der Waals surface area contributed by atoms with Crippen LogP contribution in [0, 0.1) is 0 Å². The number of hydrogen-bond donors (Lipinski definition) is 1. The molecule has 3 nitrogen and oxygen atoms in total. The lowest BCUT2D eigenvalue weighted by atomic mass is 10.1. The van der Waals surface area contributed by atoms with Crippen LogP contribution in [0.25, 0.3) is 0 Å². The lowest BCUT2D eigenvalue weighted by molar-refractivity contribution is 0.235. The number of rotatable bonds is 4. The first-order valence-electron chi connectivity index (χ1n) is 6.89. The first kappa shape index (κ1) is 15.2. The van der Waals surface area contributed by atoms with Crippen molar-refractivity contribution in [2.24, 2.45) is 0 Å². The summed E-state index contributed by atoms with van der Waals surface area (Å²) in [6, 6.07) is 6.07. The minimum absolute atomic E-state index is 0.159. The molecule has 0 saturated heterocycles. The van der Waals surface area contributed by atoms with Crippen LogP contribution < -0.4 is 5.32 Å². The van der Waals surface area contributed by atoms with E-state index in [1.807, 2.05) is 0 Å². The third-order valence-electron chi connectivity index (χ3n) is 3.64. The molecule has 0 unspecified atom stereocenters. The maximum atomic E-state index is 12.7. The van der Waals surface area contributed by atoms with Crippen molar-refractivity contribution in [3.8, 4) is 0 Å². The van der Waals surface area contributed by atoms with E-state index >= 15 is 0 Å². The van der Waals surface area contributed by atoms with Crippen molar-refractivity contribution in [1.82, 2.24) is 0 Å². The Labute approximate surface area is 118 Å². The van der Waals surface area contributed by atoms with Crippen LogP contribution in [-0.4, -0.2) is 20.2 Å². The number of benzene rings is 1. The average molecular weight is 303 g/mol. The summed E-state index contributed by atoms with van der Waals surface area (Å²) in [4.78, 5) is -0.306. The predicted molar refractivity (Wildman–Crippen MR) is 74.7 cm³/mol. The summed E-state index contributed by atoms with van der Waals surface area (Å²) in [6.07, 6.45) is 6.42. The topological polar surface area (TPSA) is 46.2 Å². The number of alkyl halides is 2. The van der Waals surface area contributed by atoms with Crippen molar-refractivity contribution in [3.63, 3.8) is 0 Å². The molecule has 0 spiro atoms. The highest BCUT2D eigenvalue weighted by Gasteiger charge is 2.29. The van der Waals surface area contributed by atoms with Crippen LogP contribution in [0.3, 0.4) is 0 Å². The van der Waals surface area contributed by atoms with Crippen LogP contribution >= 0.6 is 0 Å². The second-order valence-electron chi connectivity index (χ2n) is 5.13. The summed E-state index contributed by atoms with van der Waals surface area (Å²) < 4.78 is 48.8. The maximum Gasteiger partial charge on any atom is 0.341 e. The van der Waals surface area contributed by atoms with Gasteiger partial charge in [0.2, 0.25) is 9.84 Å². The molecular weight excluding hydrogens is 284 g/mol. The summed E-state index contributed by atoms with van der Waals surface area (Å²) >= 11 is 0. The highest BCUT2D eigenvalue weighted by Crippen LogP contribution is 2.28. The second kappa shape index (κ2) is 6.52. The molecule has 0 amide bonds. The number of halogens is 2. The van der Waals surface area contributed by atoms with Crippen molar-refractivity contribution in [1.29, 1.82) is 0 Å². The van der Waals surface area contributed by atoms with Crippen LogP contribution in [0.1, 0.15) is 38.5 Å². The van der Waals surface area contributed by atoms with Gasteiger partial charge in [-0.2, -0.15) is 8.78 Å². The lowest BCUT2D eigenvalue weighted by Crippen LogP contribution is -2.21. The Bertz CT molecular complexity index is 538. The Morgan fingerprint density at radius 2 is 1.65 bits per heavy atom. The molecule has 1 fully saturated rings. The van der Waals surface area contributed by atoms with E-state index in [1.165, 1.54) is 25.0 Å². The SMILES string of the molecule is O=S(=O)(c1ccccc1NC1CCCCCC1)C(F)F. The number of nitrogens with one attached hydrogen (secondary N) is 1. The quantitative estimate of drug-likeness (QED) is 0.860. The van der Waals surface area contributed by atoms with E-state index in [9.17, 15) is 17.2 Å². The van der Waals surface area contributed by atoms with Crippen molar-refractivity contribution < 1.29 is 17.2 Å². The van der Waals surface area contributed by atoms with Crippen molar-refractivity contribution >= 4 is 15.5 Å². The fourth-order valence-corrected chi connectivity index (χ4v) is 3.47. The Hall–Kier alpha value is -1.17. The third-order valence-corrected chi connectivity index (χ3v) is 5.08. The second-order valence-corrected chi connectivity index (χ2v) is 7.02. The van der Waals surface area contributed by atoms with Crippen LogP contribution in [0.2, 0.25) is 0 Å². The normalized spacial score (nSPS) is 17.9. The summed E-state index contributed by atoms with van der Waals surface area (Å²) in [6.45, 7) is 0. The van der Waals surface area contributed by atoms with Gasteiger partial charge < -0.3 is 5.32 Å². The number of sulfone groups is 1. The zero-order valence-corrected chi connectivity index (χ0v) is 12.0. The highest BCUT2D eigenvalue weighted by molar-refractivity contribution is 7.91. The van der Waals surface area contributed by atoms with Crippen LogP contribution in [0.4, 0.5) is 14.5 Å². The van der Waals surface area contributed by atoms with Gasteiger partial charge in [0.1, 0.15) is 0 Å². The molecular formula is C14H19F2NO2S. The Morgan fingerprint density at radius 1 is 1.05 bits per heavy atom. The molecule has 1 aromatic rings. The van der Waals surface area contributed by atoms with E-state index in [0.717, 1.165) is 25.7 Å². The molecule has 0 bridgehead atoms. The average Bonchev–Trinajstić information content (AvgIpc) is 2.67. The molecule has 0 radical (unpaired) electrons. The van der Waals surface area contributed by atoms with Gasteiger partial charge in [-0.1, -0.05) is 37.8 Å². The van der Waals surface area contributed by atoms with Crippen LogP contribution in [0.15, 0.2) is 29.2 Å². The molecule has 20 heavy (non-hydrogen) atoms. The molecule has 0 atom stereocenters. The zero-order valence-electron chi connectivity index (χ0n) is 11.2. The fraction of sp³-hybridized carbons (Fsp3) is 0.571. The van der Waals surface area contributed by atoms with Crippen molar-refractivity contribution in [2.75, 3.05) is 5.32 Å². The lowest BCUT2D eigenvalue weighted by Gasteiger charge is -2.20. The summed E-state index contributed by atoms with van der Waals surface area (Å²) in [5, 5.41) is 3.14. The fourth-order valence-electron chi connectivity index (χ4n) is 2.57.